The largest absolute Gasteiger partial charge is 0.449 e. The Morgan fingerprint density at radius 2 is 1.90 bits per heavy atom. The molecule has 2 heterocycles. The Labute approximate surface area is 117 Å². The maximum Gasteiger partial charge on any atom is 0.322 e. The highest BCUT2D eigenvalue weighted by Gasteiger charge is 2.31. The monoisotopic (exact) mass is 278 g/mol. The molecule has 2 aliphatic rings. The average Bonchev–Trinajstić information content (AvgIpc) is 2.73. The highest BCUT2D eigenvalue weighted by atomic mass is 16.7. The molecule has 1 N–H and O–H groups in total. The fourth-order valence-electron chi connectivity index (χ4n) is 2.27. The number of carbonyl (C=O) groups excluding carboxylic acids is 1. The van der Waals surface area contributed by atoms with E-state index in [1.165, 1.54) is 0 Å². The maximum atomic E-state index is 12.1. The predicted molar refractivity (Wildman–Crippen MR) is 73.2 cm³/mol. The highest BCUT2D eigenvalue weighted by molar-refractivity contribution is 5.89. The van der Waals surface area contributed by atoms with Crippen molar-refractivity contribution in [2.45, 2.75) is 19.6 Å². The van der Waals surface area contributed by atoms with E-state index >= 15 is 0 Å². The van der Waals surface area contributed by atoms with Crippen molar-refractivity contribution in [3.63, 3.8) is 0 Å². The minimum atomic E-state index is -0.658. The first-order valence-electron chi connectivity index (χ1n) is 6.69. The van der Waals surface area contributed by atoms with Crippen LogP contribution in [0.15, 0.2) is 18.2 Å². The third-order valence-electron chi connectivity index (χ3n) is 3.20. The van der Waals surface area contributed by atoms with Crippen molar-refractivity contribution in [3.05, 3.63) is 18.2 Å². The number of nitrogens with one attached hydrogen (secondary N) is 1. The fraction of sp³-hybridized carbons (Fsp3) is 0.500. The van der Waals surface area contributed by atoms with Gasteiger partial charge < -0.3 is 24.4 Å². The normalized spacial score (nSPS) is 19.8. The molecule has 0 radical (unpaired) electrons. The second-order valence-corrected chi connectivity index (χ2v) is 5.30. The molecule has 108 valence electrons. The quantitative estimate of drug-likeness (QED) is 0.854. The van der Waals surface area contributed by atoms with Gasteiger partial charge in [0.25, 0.3) is 0 Å². The zero-order valence-corrected chi connectivity index (χ0v) is 11.6. The maximum absolute atomic E-state index is 12.1. The van der Waals surface area contributed by atoms with Gasteiger partial charge in [-0.25, -0.2) is 4.79 Å². The summed E-state index contributed by atoms with van der Waals surface area (Å²) in [6.07, 6.45) is 0. The summed E-state index contributed by atoms with van der Waals surface area (Å²) in [6, 6.07) is 5.27. The Morgan fingerprint density at radius 1 is 1.20 bits per heavy atom. The van der Waals surface area contributed by atoms with Gasteiger partial charge in [-0.1, -0.05) is 0 Å². The van der Waals surface area contributed by atoms with Crippen molar-refractivity contribution in [1.29, 1.82) is 0 Å². The first kappa shape index (κ1) is 13.1. The van der Waals surface area contributed by atoms with Crippen LogP contribution in [0.2, 0.25) is 0 Å². The van der Waals surface area contributed by atoms with E-state index in [1.807, 2.05) is 19.9 Å². The molecular weight excluding hydrogens is 260 g/mol. The van der Waals surface area contributed by atoms with Crippen LogP contribution in [0.4, 0.5) is 10.5 Å². The zero-order chi connectivity index (χ0) is 14.2. The van der Waals surface area contributed by atoms with Crippen molar-refractivity contribution in [2.24, 2.45) is 0 Å². The van der Waals surface area contributed by atoms with Crippen LogP contribution in [-0.4, -0.2) is 43.0 Å². The molecule has 1 fully saturated rings. The number of anilines is 1. The van der Waals surface area contributed by atoms with Crippen LogP contribution >= 0.6 is 0 Å². The average molecular weight is 278 g/mol. The molecule has 20 heavy (non-hydrogen) atoms. The Kier molecular flexibility index (Phi) is 3.17. The van der Waals surface area contributed by atoms with Crippen molar-refractivity contribution >= 4 is 11.7 Å². The molecule has 1 saturated heterocycles. The third kappa shape index (κ3) is 2.65. The van der Waals surface area contributed by atoms with Crippen molar-refractivity contribution in [1.82, 2.24) is 4.90 Å². The number of nitrogens with zero attached hydrogens (tertiary/aromatic N) is 1. The number of amides is 2. The smallest absolute Gasteiger partial charge is 0.322 e. The van der Waals surface area contributed by atoms with Gasteiger partial charge >= 0.3 is 6.03 Å². The van der Waals surface area contributed by atoms with E-state index in [1.54, 1.807) is 17.0 Å². The second-order valence-electron chi connectivity index (χ2n) is 5.30. The molecule has 0 aliphatic carbocycles. The Morgan fingerprint density at radius 3 is 2.65 bits per heavy atom. The second kappa shape index (κ2) is 4.86. The van der Waals surface area contributed by atoms with E-state index in [9.17, 15) is 4.79 Å². The summed E-state index contributed by atoms with van der Waals surface area (Å²) in [7, 11) is 0. The standard InChI is InChI=1S/C14H18N2O4/c1-14(2)19-11-4-3-10(9-12(11)20-14)15-13(17)16-5-7-18-8-6-16/h3-4,9H,5-8H2,1-2H3,(H,15,17). The summed E-state index contributed by atoms with van der Waals surface area (Å²) in [4.78, 5) is 13.8. The highest BCUT2D eigenvalue weighted by Crippen LogP contribution is 2.40. The van der Waals surface area contributed by atoms with Crippen molar-refractivity contribution in [2.75, 3.05) is 31.6 Å². The molecule has 0 spiro atoms. The van der Waals surface area contributed by atoms with Crippen LogP contribution in [0.5, 0.6) is 11.5 Å². The van der Waals surface area contributed by atoms with Gasteiger partial charge in [-0.2, -0.15) is 0 Å². The Balaban J connectivity index is 1.68. The minimum Gasteiger partial charge on any atom is -0.449 e. The molecule has 6 nitrogen and oxygen atoms in total. The molecule has 0 aromatic heterocycles. The number of hydrogen-bond acceptors (Lipinski definition) is 4. The molecule has 2 aliphatic heterocycles. The number of hydrogen-bond donors (Lipinski definition) is 1. The number of rotatable bonds is 1. The predicted octanol–water partition coefficient (Wildman–Crippen LogP) is 2.06. The summed E-state index contributed by atoms with van der Waals surface area (Å²) < 4.78 is 16.5. The summed E-state index contributed by atoms with van der Waals surface area (Å²) >= 11 is 0. The Hall–Kier alpha value is -1.95. The lowest BCUT2D eigenvalue weighted by molar-refractivity contribution is -0.0431. The molecule has 2 amide bonds. The molecule has 6 heteroatoms. The van der Waals surface area contributed by atoms with Gasteiger partial charge in [-0.3, -0.25) is 0 Å². The zero-order valence-electron chi connectivity index (χ0n) is 11.6. The lowest BCUT2D eigenvalue weighted by Gasteiger charge is -2.26. The van der Waals surface area contributed by atoms with E-state index in [0.717, 1.165) is 0 Å². The number of carbonyl (C=O) groups is 1. The van der Waals surface area contributed by atoms with E-state index in [4.69, 9.17) is 14.2 Å². The van der Waals surface area contributed by atoms with Crippen LogP contribution < -0.4 is 14.8 Å². The number of urea groups is 1. The van der Waals surface area contributed by atoms with E-state index in [0.29, 0.717) is 43.5 Å². The summed E-state index contributed by atoms with van der Waals surface area (Å²) in [5.74, 6) is 0.684. The summed E-state index contributed by atoms with van der Waals surface area (Å²) in [5, 5.41) is 2.86. The van der Waals surface area contributed by atoms with E-state index in [-0.39, 0.29) is 6.03 Å². The molecular formula is C14H18N2O4. The van der Waals surface area contributed by atoms with Crippen LogP contribution in [-0.2, 0) is 4.74 Å². The number of morpholine rings is 1. The van der Waals surface area contributed by atoms with Gasteiger partial charge in [0.1, 0.15) is 0 Å². The van der Waals surface area contributed by atoms with Crippen LogP contribution in [0, 0.1) is 0 Å². The molecule has 0 bridgehead atoms. The van der Waals surface area contributed by atoms with Crippen LogP contribution in [0.1, 0.15) is 13.8 Å². The topological polar surface area (TPSA) is 60.0 Å². The molecule has 0 unspecified atom stereocenters. The fourth-order valence-corrected chi connectivity index (χ4v) is 2.27. The first-order valence-corrected chi connectivity index (χ1v) is 6.69. The molecule has 1 aromatic rings. The van der Waals surface area contributed by atoms with Crippen LogP contribution in [0.25, 0.3) is 0 Å². The van der Waals surface area contributed by atoms with Crippen molar-refractivity contribution in [3.8, 4) is 11.5 Å². The van der Waals surface area contributed by atoms with Gasteiger partial charge in [0.05, 0.1) is 13.2 Å². The lowest BCUT2D eigenvalue weighted by Crippen LogP contribution is -2.43. The van der Waals surface area contributed by atoms with Crippen LogP contribution in [0.3, 0.4) is 0 Å². The molecule has 1 aromatic carbocycles. The van der Waals surface area contributed by atoms with Gasteiger partial charge in [0.15, 0.2) is 11.5 Å². The van der Waals surface area contributed by atoms with Gasteiger partial charge in [-0.05, 0) is 12.1 Å². The summed E-state index contributed by atoms with van der Waals surface area (Å²) in [6.45, 7) is 6.09. The molecule has 3 rings (SSSR count). The first-order chi connectivity index (χ1) is 9.53. The van der Waals surface area contributed by atoms with Gasteiger partial charge in [-0.15, -0.1) is 0 Å². The molecule has 0 saturated carbocycles. The third-order valence-corrected chi connectivity index (χ3v) is 3.20. The Bertz CT molecular complexity index is 524. The van der Waals surface area contributed by atoms with Crippen molar-refractivity contribution < 1.29 is 19.0 Å². The SMILES string of the molecule is CC1(C)Oc2ccc(NC(=O)N3CCOCC3)cc2O1. The summed E-state index contributed by atoms with van der Waals surface area (Å²) in [5.41, 5.74) is 0.696. The minimum absolute atomic E-state index is 0.119. The van der Waals surface area contributed by atoms with E-state index in [2.05, 4.69) is 5.32 Å². The number of fused-ring (bicyclic) bond motifs is 1. The number of benzene rings is 1. The molecule has 0 atom stereocenters. The van der Waals surface area contributed by atoms with Gasteiger partial charge in [0.2, 0.25) is 5.79 Å². The number of ether oxygens (including phenoxy) is 3. The lowest BCUT2D eigenvalue weighted by atomic mass is 10.3. The van der Waals surface area contributed by atoms with Gasteiger partial charge in [0, 0.05) is 38.7 Å². The van der Waals surface area contributed by atoms with E-state index < -0.39 is 5.79 Å².